The van der Waals surface area contributed by atoms with E-state index in [1.54, 1.807) is 0 Å². The van der Waals surface area contributed by atoms with E-state index in [9.17, 15) is 86.8 Å². The van der Waals surface area contributed by atoms with Gasteiger partial charge in [-0.1, -0.05) is 39.3 Å². The first-order chi connectivity index (χ1) is 40.2. The maximum atomic E-state index is 12.4. The van der Waals surface area contributed by atoms with E-state index in [4.69, 9.17) is 52.1 Å². The molecule has 0 aromatic carbocycles. The van der Waals surface area contributed by atoms with Crippen molar-refractivity contribution in [1.29, 1.82) is 0 Å². The molecular formula is C57H94O28. The Kier molecular flexibility index (Phi) is 20.6. The molecular weight excluding hydrogens is 1130 g/mol. The Labute approximate surface area is 492 Å². The van der Waals surface area contributed by atoms with Gasteiger partial charge in [0, 0.05) is 12.3 Å². The maximum Gasteiger partial charge on any atom is 0.187 e. The summed E-state index contributed by atoms with van der Waals surface area (Å²) in [5.74, 6) is -0.555. The van der Waals surface area contributed by atoms with Gasteiger partial charge in [-0.2, -0.15) is 0 Å². The number of hydrogen-bond acceptors (Lipinski definition) is 28. The lowest BCUT2D eigenvalue weighted by Crippen LogP contribution is -2.68. The largest absolute Gasteiger partial charge is 0.394 e. The van der Waals surface area contributed by atoms with Gasteiger partial charge in [0.1, 0.15) is 116 Å². The Hall–Kier alpha value is -1.38. The number of ether oxygens (including phenoxy) is 11. The van der Waals surface area contributed by atoms with Crippen molar-refractivity contribution >= 4 is 0 Å². The third kappa shape index (κ3) is 12.2. The van der Waals surface area contributed by atoms with Crippen LogP contribution in [0, 0.1) is 46.3 Å². The van der Waals surface area contributed by atoms with Gasteiger partial charge in [-0.3, -0.25) is 0 Å². The molecule has 28 heteroatoms. The van der Waals surface area contributed by atoms with Gasteiger partial charge in [0.25, 0.3) is 0 Å². The summed E-state index contributed by atoms with van der Waals surface area (Å²) >= 11 is 0. The van der Waals surface area contributed by atoms with Crippen LogP contribution in [0.3, 0.4) is 0 Å². The molecule has 0 bridgehead atoms. The van der Waals surface area contributed by atoms with E-state index in [0.717, 1.165) is 32.1 Å². The van der Waals surface area contributed by atoms with Crippen LogP contribution >= 0.6 is 0 Å². The Morgan fingerprint density at radius 3 is 1.73 bits per heavy atom. The molecule has 28 nitrogen and oxygen atoms in total. The van der Waals surface area contributed by atoms with Crippen LogP contribution in [0.25, 0.3) is 0 Å². The zero-order chi connectivity index (χ0) is 61.5. The molecule has 17 N–H and O–H groups in total. The molecule has 9 fully saturated rings. The zero-order valence-corrected chi connectivity index (χ0v) is 48.6. The highest BCUT2D eigenvalue weighted by atomic mass is 16.8. The number of fused-ring (bicyclic) bond motifs is 7. The lowest BCUT2D eigenvalue weighted by atomic mass is 9.47. The summed E-state index contributed by atoms with van der Waals surface area (Å²) < 4.78 is 66.2. The monoisotopic (exact) mass is 1230 g/mol. The van der Waals surface area contributed by atoms with Gasteiger partial charge in [0.2, 0.25) is 0 Å². The van der Waals surface area contributed by atoms with Crippen LogP contribution in [0.4, 0.5) is 0 Å². The van der Waals surface area contributed by atoms with Gasteiger partial charge >= 0.3 is 0 Å². The first kappa shape index (κ1) is 66.5. The zero-order valence-electron chi connectivity index (χ0n) is 48.6. The van der Waals surface area contributed by atoms with Crippen molar-refractivity contribution in [2.45, 2.75) is 264 Å². The number of rotatable bonds is 18. The fourth-order valence-corrected chi connectivity index (χ4v) is 16.5. The topological polar surface area (TPSA) is 445 Å². The molecule has 490 valence electrons. The van der Waals surface area contributed by atoms with Gasteiger partial charge in [-0.15, -0.1) is 0 Å². The first-order valence-corrected chi connectivity index (χ1v) is 30.4. The lowest BCUT2D eigenvalue weighted by Gasteiger charge is -2.58. The molecule has 4 aliphatic carbocycles. The molecule has 85 heavy (non-hydrogen) atoms. The van der Waals surface area contributed by atoms with Crippen molar-refractivity contribution in [2.24, 2.45) is 46.3 Å². The summed E-state index contributed by atoms with van der Waals surface area (Å²) in [6.45, 7) is 7.16. The highest BCUT2D eigenvalue weighted by molar-refractivity contribution is 5.26. The third-order valence-corrected chi connectivity index (χ3v) is 21.6. The van der Waals surface area contributed by atoms with Crippen LogP contribution in [-0.4, -0.2) is 291 Å². The van der Waals surface area contributed by atoms with E-state index in [0.29, 0.717) is 43.4 Å². The molecule has 0 spiro atoms. The minimum atomic E-state index is -2.04. The standard InChI is InChI=1S/C57H94O28/c1-21(20-75-50-42(69)40(67)36(63)30(16-58)78-50)8-13-57(74)22(2)34-29(85-57)15-28-26-7-6-24-14-25(9-11-55(24,4)27(26)10-12-56(28,34)5)77-54-49(84-51-43(70)39(66)35(62)23(3)76-51)45(72)47(33(19-61)81-54)82-53-46(73)48(38(65)32(18-60)80-53)83-52-44(71)41(68)37(64)31(17-59)79-52/h6,21-23,25-54,58-74H,7-20H2,1-5H3. The van der Waals surface area contributed by atoms with Crippen molar-refractivity contribution in [1.82, 2.24) is 0 Å². The second-order valence-corrected chi connectivity index (χ2v) is 26.6. The summed E-state index contributed by atoms with van der Waals surface area (Å²) in [5.41, 5.74) is 0.880. The van der Waals surface area contributed by atoms with E-state index < -0.39 is 192 Å². The normalized spacial score (nSPS) is 54.8. The number of aliphatic hydroxyl groups is 17. The molecule has 0 aromatic rings. The molecule has 0 amide bonds. The molecule has 10 rings (SSSR count). The van der Waals surface area contributed by atoms with E-state index in [1.807, 2.05) is 6.92 Å². The minimum Gasteiger partial charge on any atom is -0.394 e. The van der Waals surface area contributed by atoms with Gasteiger partial charge in [0.05, 0.1) is 51.3 Å². The fraction of sp³-hybridized carbons (Fsp3) is 0.965. The van der Waals surface area contributed by atoms with Crippen LogP contribution in [0.15, 0.2) is 11.6 Å². The van der Waals surface area contributed by atoms with Crippen LogP contribution in [0.2, 0.25) is 0 Å². The van der Waals surface area contributed by atoms with Gasteiger partial charge in [-0.05, 0) is 98.7 Å². The van der Waals surface area contributed by atoms with Crippen molar-refractivity contribution in [3.63, 3.8) is 0 Å². The van der Waals surface area contributed by atoms with Gasteiger partial charge < -0.3 is 139 Å². The Morgan fingerprint density at radius 2 is 1.09 bits per heavy atom. The molecule has 10 aliphatic rings. The van der Waals surface area contributed by atoms with Crippen molar-refractivity contribution in [3.05, 3.63) is 11.6 Å². The minimum absolute atomic E-state index is 0.106. The summed E-state index contributed by atoms with van der Waals surface area (Å²) in [6.07, 6.45) is -33.3. The second-order valence-electron chi connectivity index (χ2n) is 26.6. The molecule has 0 aromatic heterocycles. The molecule has 36 atom stereocenters. The van der Waals surface area contributed by atoms with Crippen molar-refractivity contribution in [2.75, 3.05) is 33.0 Å². The molecule has 6 aliphatic heterocycles. The maximum absolute atomic E-state index is 12.4. The second kappa shape index (κ2) is 26.3. The Balaban J connectivity index is 0.803. The van der Waals surface area contributed by atoms with Crippen molar-refractivity contribution < 1.29 is 139 Å². The Morgan fingerprint density at radius 1 is 0.553 bits per heavy atom. The predicted octanol–water partition coefficient (Wildman–Crippen LogP) is -5.18. The van der Waals surface area contributed by atoms with Crippen molar-refractivity contribution in [3.8, 4) is 0 Å². The molecule has 6 saturated heterocycles. The van der Waals surface area contributed by atoms with E-state index in [-0.39, 0.29) is 41.3 Å². The predicted molar refractivity (Wildman–Crippen MR) is 283 cm³/mol. The van der Waals surface area contributed by atoms with E-state index in [1.165, 1.54) is 12.5 Å². The quantitative estimate of drug-likeness (QED) is 0.0571. The highest BCUT2D eigenvalue weighted by Crippen LogP contribution is 2.70. The van der Waals surface area contributed by atoms with Gasteiger partial charge in [-0.25, -0.2) is 0 Å². The molecule has 6 heterocycles. The first-order valence-electron chi connectivity index (χ1n) is 30.4. The number of hydrogen-bond donors (Lipinski definition) is 17. The summed E-state index contributed by atoms with van der Waals surface area (Å²) in [4.78, 5) is 0. The van der Waals surface area contributed by atoms with Gasteiger partial charge in [0.15, 0.2) is 37.2 Å². The average molecular weight is 1230 g/mol. The van der Waals surface area contributed by atoms with E-state index in [2.05, 4.69) is 26.8 Å². The molecule has 36 unspecified atom stereocenters. The molecule has 3 saturated carbocycles. The number of aliphatic hydroxyl groups excluding tert-OH is 16. The summed E-state index contributed by atoms with van der Waals surface area (Å²) in [7, 11) is 0. The lowest BCUT2D eigenvalue weighted by molar-refractivity contribution is -0.396. The summed E-state index contributed by atoms with van der Waals surface area (Å²) in [6, 6.07) is 0. The van der Waals surface area contributed by atoms with Crippen LogP contribution in [0.5, 0.6) is 0 Å². The van der Waals surface area contributed by atoms with Crippen LogP contribution in [-0.2, 0) is 52.1 Å². The SMILES string of the molecule is CC(CCC1(O)OC2CC3C4CC=C5CC(OC6OC(CO)C(OC7OC(CO)C(O)C(OC8OC(CO)C(O)C(O)C8O)C7O)C(O)C6OC6OC(C)C(O)C(O)C6O)CCC5(C)C4CCC3(C)C2C1C)COC1OC(CO)C(O)C(O)C1O. The Bertz CT molecular complexity index is 2240. The fourth-order valence-electron chi connectivity index (χ4n) is 16.5. The highest BCUT2D eigenvalue weighted by Gasteiger charge is 2.68. The van der Waals surface area contributed by atoms with E-state index >= 15 is 0 Å². The third-order valence-electron chi connectivity index (χ3n) is 21.6. The van der Waals surface area contributed by atoms with Crippen LogP contribution < -0.4 is 0 Å². The molecule has 0 radical (unpaired) electrons. The number of allylic oxidation sites excluding steroid dienone is 1. The average Bonchev–Trinajstić information content (AvgIpc) is 1.60. The summed E-state index contributed by atoms with van der Waals surface area (Å²) in [5, 5.41) is 183. The smallest absolute Gasteiger partial charge is 0.187 e. The van der Waals surface area contributed by atoms with Crippen LogP contribution in [0.1, 0.15) is 92.4 Å².